The topological polar surface area (TPSA) is 70.5 Å². The van der Waals surface area contributed by atoms with Gasteiger partial charge < -0.3 is 15.1 Å². The number of hydrogen-bond acceptors (Lipinski definition) is 4. The molecule has 5 aromatic rings. The first-order valence-electron chi connectivity index (χ1n) is 16.5. The molecule has 1 aliphatic heterocycles. The quantitative estimate of drug-likeness (QED) is 0.157. The molecule has 10 heteroatoms. The summed E-state index contributed by atoms with van der Waals surface area (Å²) < 4.78 is 1.66. The lowest BCUT2D eigenvalue weighted by Crippen LogP contribution is -2.48. The Morgan fingerprint density at radius 2 is 1.59 bits per heavy atom. The summed E-state index contributed by atoms with van der Waals surface area (Å²) in [6, 6.07) is 30.6. The Labute approximate surface area is 302 Å². The molecule has 1 saturated heterocycles. The number of carbonyl (C=O) groups excluding carboxylic acids is 2. The van der Waals surface area contributed by atoms with Crippen molar-refractivity contribution in [2.45, 2.75) is 45.6 Å². The first-order valence-corrected chi connectivity index (χ1v) is 17.7. The van der Waals surface area contributed by atoms with E-state index < -0.39 is 0 Å². The number of halogens is 3. The highest BCUT2D eigenvalue weighted by atomic mass is 35.5. The van der Waals surface area contributed by atoms with Gasteiger partial charge in [0.25, 0.3) is 5.91 Å². The van der Waals surface area contributed by atoms with Crippen molar-refractivity contribution in [2.24, 2.45) is 0 Å². The number of likely N-dealkylation sites (tertiary alicyclic amines) is 1. The zero-order chi connectivity index (χ0) is 34.5. The van der Waals surface area contributed by atoms with Crippen LogP contribution < -0.4 is 10.2 Å². The van der Waals surface area contributed by atoms with Crippen molar-refractivity contribution < 1.29 is 9.59 Å². The van der Waals surface area contributed by atoms with Crippen molar-refractivity contribution >= 4 is 58.0 Å². The van der Waals surface area contributed by atoms with Crippen LogP contribution >= 0.6 is 34.8 Å². The number of anilines is 2. The van der Waals surface area contributed by atoms with Gasteiger partial charge in [0.1, 0.15) is 0 Å². The number of hydrogen-bond donors (Lipinski definition) is 1. The summed E-state index contributed by atoms with van der Waals surface area (Å²) in [5.74, 6) is -0.318. The summed E-state index contributed by atoms with van der Waals surface area (Å²) in [4.78, 5) is 31.6. The summed E-state index contributed by atoms with van der Waals surface area (Å²) in [5.41, 5.74) is 5.70. The van der Waals surface area contributed by atoms with E-state index in [4.69, 9.17) is 39.9 Å². The highest BCUT2D eigenvalue weighted by Crippen LogP contribution is 2.34. The Bertz CT molecular complexity index is 1940. The van der Waals surface area contributed by atoms with Crippen LogP contribution in [0.3, 0.4) is 0 Å². The molecule has 2 amide bonds. The van der Waals surface area contributed by atoms with Gasteiger partial charge >= 0.3 is 0 Å². The number of carbonyl (C=O) groups is 2. The molecule has 252 valence electrons. The molecule has 1 aromatic heterocycles. The predicted octanol–water partition coefficient (Wildman–Crippen LogP) is 9.51. The van der Waals surface area contributed by atoms with Crippen molar-refractivity contribution in [1.29, 1.82) is 0 Å². The molecular formula is C39H38Cl3N5O2. The van der Waals surface area contributed by atoms with Crippen molar-refractivity contribution in [3.63, 3.8) is 0 Å². The van der Waals surface area contributed by atoms with Crippen LogP contribution in [0.5, 0.6) is 0 Å². The number of nitrogens with one attached hydrogen (secondary N) is 1. The first-order chi connectivity index (χ1) is 23.7. The molecule has 4 aromatic carbocycles. The van der Waals surface area contributed by atoms with Crippen LogP contribution in [0.4, 0.5) is 11.4 Å². The highest BCUT2D eigenvalue weighted by molar-refractivity contribution is 6.35. The molecule has 1 N–H and O–H groups in total. The third kappa shape index (κ3) is 8.03. The van der Waals surface area contributed by atoms with Gasteiger partial charge in [-0.05, 0) is 80.3 Å². The van der Waals surface area contributed by atoms with Gasteiger partial charge in [-0.15, -0.1) is 0 Å². The maximum Gasteiger partial charge on any atom is 0.276 e. The van der Waals surface area contributed by atoms with E-state index in [0.29, 0.717) is 44.1 Å². The smallest absolute Gasteiger partial charge is 0.276 e. The first kappa shape index (κ1) is 34.7. The molecule has 7 nitrogen and oxygen atoms in total. The summed E-state index contributed by atoms with van der Waals surface area (Å²) in [5, 5.41) is 9.27. The van der Waals surface area contributed by atoms with E-state index in [1.165, 1.54) is 5.56 Å². The molecule has 1 fully saturated rings. The number of benzene rings is 4. The van der Waals surface area contributed by atoms with Gasteiger partial charge in [-0.1, -0.05) is 90.3 Å². The Morgan fingerprint density at radius 1 is 0.878 bits per heavy atom. The molecule has 0 radical (unpaired) electrons. The van der Waals surface area contributed by atoms with E-state index in [0.717, 1.165) is 50.1 Å². The molecule has 0 atom stereocenters. The van der Waals surface area contributed by atoms with Gasteiger partial charge in [-0.2, -0.15) is 5.10 Å². The molecule has 0 unspecified atom stereocenters. The number of rotatable bonds is 10. The Morgan fingerprint density at radius 3 is 2.29 bits per heavy atom. The lowest BCUT2D eigenvalue weighted by atomic mass is 10.0. The molecule has 0 aliphatic carbocycles. The number of nitrogens with zero attached hydrogens (tertiary/aromatic N) is 4. The second-order valence-electron chi connectivity index (χ2n) is 12.3. The van der Waals surface area contributed by atoms with E-state index >= 15 is 0 Å². The Balaban J connectivity index is 1.23. The van der Waals surface area contributed by atoms with Gasteiger partial charge in [0, 0.05) is 64.6 Å². The van der Waals surface area contributed by atoms with Crippen LogP contribution in [0.2, 0.25) is 15.1 Å². The minimum absolute atomic E-state index is 0.0632. The standard InChI is InChI=1S/C39H38Cl3N5O2/c1-3-36(48)46(32-19-22-45(23-20-32)21-18-27-8-5-4-6-9-27)33-11-7-10-31(25-33)43-39(49)37-26(2)38(28-12-14-29(40)15-13-28)47(44-37)35-17-16-30(41)24-34(35)42/h4-17,24-25,32H,3,18-23H2,1-2H3,(H,43,49). The van der Waals surface area contributed by atoms with Gasteiger partial charge in [0.2, 0.25) is 5.91 Å². The van der Waals surface area contributed by atoms with E-state index in [9.17, 15) is 9.59 Å². The number of aromatic nitrogens is 2. The van der Waals surface area contributed by atoms with E-state index in [1.807, 2.05) is 61.2 Å². The van der Waals surface area contributed by atoms with Crippen molar-refractivity contribution in [3.05, 3.63) is 129 Å². The second kappa shape index (κ2) is 15.6. The highest BCUT2D eigenvalue weighted by Gasteiger charge is 2.29. The van der Waals surface area contributed by atoms with Gasteiger partial charge in [0.05, 0.1) is 16.4 Å². The van der Waals surface area contributed by atoms with E-state index in [1.54, 1.807) is 35.0 Å². The molecule has 6 rings (SSSR count). The SMILES string of the molecule is CCC(=O)N(c1cccc(NC(=O)c2nn(-c3ccc(Cl)cc3Cl)c(-c3ccc(Cl)cc3)c2C)c1)C1CCN(CCc2ccccc2)CC1. The minimum atomic E-state index is -0.381. The molecule has 49 heavy (non-hydrogen) atoms. The Kier molecular flexibility index (Phi) is 11.1. The summed E-state index contributed by atoms with van der Waals surface area (Å²) in [6.07, 6.45) is 3.17. The lowest BCUT2D eigenvalue weighted by molar-refractivity contribution is -0.119. The van der Waals surface area contributed by atoms with Crippen LogP contribution in [-0.4, -0.2) is 52.2 Å². The number of amides is 2. The van der Waals surface area contributed by atoms with E-state index in [2.05, 4.69) is 34.5 Å². The molecule has 0 spiro atoms. The third-order valence-electron chi connectivity index (χ3n) is 9.03. The average molecular weight is 715 g/mol. The third-order valence-corrected chi connectivity index (χ3v) is 9.82. The largest absolute Gasteiger partial charge is 0.321 e. The summed E-state index contributed by atoms with van der Waals surface area (Å²) in [7, 11) is 0. The monoisotopic (exact) mass is 713 g/mol. The van der Waals surface area contributed by atoms with E-state index in [-0.39, 0.29) is 23.6 Å². The fourth-order valence-electron chi connectivity index (χ4n) is 6.47. The zero-order valence-electron chi connectivity index (χ0n) is 27.5. The molecular weight excluding hydrogens is 677 g/mol. The van der Waals surface area contributed by atoms with Crippen molar-refractivity contribution in [3.8, 4) is 16.9 Å². The minimum Gasteiger partial charge on any atom is -0.321 e. The van der Waals surface area contributed by atoms with Crippen LogP contribution in [0, 0.1) is 6.92 Å². The lowest BCUT2D eigenvalue weighted by Gasteiger charge is -2.38. The molecule has 0 bridgehead atoms. The maximum atomic E-state index is 13.9. The molecule has 2 heterocycles. The van der Waals surface area contributed by atoms with Crippen molar-refractivity contribution in [1.82, 2.24) is 14.7 Å². The normalized spacial score (nSPS) is 13.7. The average Bonchev–Trinajstić information content (AvgIpc) is 3.45. The number of piperidine rings is 1. The van der Waals surface area contributed by atoms with Crippen LogP contribution in [0.25, 0.3) is 16.9 Å². The van der Waals surface area contributed by atoms with Crippen LogP contribution in [0.1, 0.15) is 47.8 Å². The predicted molar refractivity (Wildman–Crippen MR) is 201 cm³/mol. The van der Waals surface area contributed by atoms with Crippen LogP contribution in [-0.2, 0) is 11.2 Å². The molecule has 1 aliphatic rings. The fraction of sp³-hybridized carbons (Fsp3) is 0.256. The second-order valence-corrected chi connectivity index (χ2v) is 13.5. The maximum absolute atomic E-state index is 13.9. The summed E-state index contributed by atoms with van der Waals surface area (Å²) in [6.45, 7) is 6.60. The summed E-state index contributed by atoms with van der Waals surface area (Å²) >= 11 is 19.0. The zero-order valence-corrected chi connectivity index (χ0v) is 29.8. The van der Waals surface area contributed by atoms with Crippen molar-refractivity contribution in [2.75, 3.05) is 29.9 Å². The molecule has 0 saturated carbocycles. The fourth-order valence-corrected chi connectivity index (χ4v) is 7.09. The van der Waals surface area contributed by atoms with Gasteiger partial charge in [0.15, 0.2) is 5.69 Å². The Hall–Kier alpha value is -4.14. The van der Waals surface area contributed by atoms with Gasteiger partial charge in [-0.3, -0.25) is 9.59 Å². The van der Waals surface area contributed by atoms with Crippen LogP contribution in [0.15, 0.2) is 97.1 Å². The van der Waals surface area contributed by atoms with Gasteiger partial charge in [-0.25, -0.2) is 4.68 Å².